The van der Waals surface area contributed by atoms with Crippen LogP contribution in [0.15, 0.2) is 0 Å². The van der Waals surface area contributed by atoms with Crippen LogP contribution in [0, 0.1) is 0 Å². The molecule has 4 nitrogen and oxygen atoms in total. The van der Waals surface area contributed by atoms with Crippen molar-refractivity contribution in [3.63, 3.8) is 0 Å². The fourth-order valence-electron chi connectivity index (χ4n) is 1.11. The van der Waals surface area contributed by atoms with Crippen LogP contribution in [0.3, 0.4) is 0 Å². The number of hydrogen-bond donors (Lipinski definition) is 1. The van der Waals surface area contributed by atoms with Crippen LogP contribution in [-0.4, -0.2) is 48.6 Å². The second-order valence-electron chi connectivity index (χ2n) is 3.05. The van der Waals surface area contributed by atoms with Gasteiger partial charge >= 0.3 is 40.0 Å². The Kier molecular flexibility index (Phi) is 11.3. The van der Waals surface area contributed by atoms with Gasteiger partial charge in [-0.15, -0.1) is 0 Å². The standard InChI is InChI=1S/C8H18O4S.Na.H/c1-3-5-6-7-8(4-2)12-13(9,10)11;;/h8H,3-7H2,1-2H3,(H,9,10,11);;. The average Bonchev–Trinajstić information content (AvgIpc) is 2.01. The van der Waals surface area contributed by atoms with Crippen molar-refractivity contribution in [2.24, 2.45) is 0 Å². The minimum atomic E-state index is -4.27. The Morgan fingerprint density at radius 3 is 2.21 bits per heavy atom. The van der Waals surface area contributed by atoms with Crippen LogP contribution >= 0.6 is 0 Å². The van der Waals surface area contributed by atoms with Crippen molar-refractivity contribution < 1.29 is 17.2 Å². The molecule has 0 amide bonds. The Labute approximate surface area is 109 Å². The normalized spacial score (nSPS) is 13.4. The summed E-state index contributed by atoms with van der Waals surface area (Å²) in [6, 6.07) is 0. The van der Waals surface area contributed by atoms with Gasteiger partial charge < -0.3 is 0 Å². The molecule has 0 aliphatic rings. The van der Waals surface area contributed by atoms with Crippen LogP contribution in [0.25, 0.3) is 0 Å². The van der Waals surface area contributed by atoms with E-state index in [2.05, 4.69) is 11.1 Å². The summed E-state index contributed by atoms with van der Waals surface area (Å²) in [5, 5.41) is 0. The quantitative estimate of drug-likeness (QED) is 0.412. The second kappa shape index (κ2) is 9.12. The van der Waals surface area contributed by atoms with E-state index in [1.54, 1.807) is 0 Å². The predicted octanol–water partition coefficient (Wildman–Crippen LogP) is 1.52. The van der Waals surface area contributed by atoms with E-state index >= 15 is 0 Å². The molecule has 1 N–H and O–H groups in total. The molecule has 0 bridgehead atoms. The number of hydrogen-bond acceptors (Lipinski definition) is 3. The molecule has 0 spiro atoms. The van der Waals surface area contributed by atoms with Crippen molar-refractivity contribution in [3.8, 4) is 0 Å². The summed E-state index contributed by atoms with van der Waals surface area (Å²) >= 11 is 0. The molecule has 0 heterocycles. The third-order valence-corrected chi connectivity index (χ3v) is 2.36. The van der Waals surface area contributed by atoms with Gasteiger partial charge in [0.25, 0.3) is 0 Å². The molecule has 0 aliphatic heterocycles. The van der Waals surface area contributed by atoms with Crippen molar-refractivity contribution in [2.75, 3.05) is 0 Å². The summed E-state index contributed by atoms with van der Waals surface area (Å²) in [7, 11) is -4.27. The number of unbranched alkanes of at least 4 members (excludes halogenated alkanes) is 2. The van der Waals surface area contributed by atoms with E-state index in [1.807, 2.05) is 6.92 Å². The van der Waals surface area contributed by atoms with E-state index in [0.29, 0.717) is 12.8 Å². The molecule has 0 aromatic heterocycles. The molecule has 82 valence electrons. The molecule has 0 radical (unpaired) electrons. The first kappa shape index (κ1) is 17.3. The van der Waals surface area contributed by atoms with Gasteiger partial charge in [0, 0.05) is 0 Å². The van der Waals surface area contributed by atoms with Crippen LogP contribution in [0.4, 0.5) is 0 Å². The molecule has 0 aromatic carbocycles. The summed E-state index contributed by atoms with van der Waals surface area (Å²) in [5.74, 6) is 0. The van der Waals surface area contributed by atoms with E-state index in [-0.39, 0.29) is 35.7 Å². The van der Waals surface area contributed by atoms with Crippen molar-refractivity contribution >= 4 is 40.0 Å². The zero-order valence-electron chi connectivity index (χ0n) is 8.19. The summed E-state index contributed by atoms with van der Waals surface area (Å²) in [5.41, 5.74) is 0. The first-order valence-electron chi connectivity index (χ1n) is 4.65. The van der Waals surface area contributed by atoms with E-state index in [9.17, 15) is 8.42 Å². The van der Waals surface area contributed by atoms with Crippen molar-refractivity contribution in [1.29, 1.82) is 0 Å². The molecule has 1 unspecified atom stereocenters. The monoisotopic (exact) mass is 234 g/mol. The molecule has 0 fully saturated rings. The SMILES string of the molecule is CCCCCC(CC)OS(=O)(=O)O.[NaH]. The van der Waals surface area contributed by atoms with Gasteiger partial charge in [0.05, 0.1) is 6.10 Å². The average molecular weight is 234 g/mol. The predicted molar refractivity (Wildman–Crippen MR) is 58.0 cm³/mol. The van der Waals surface area contributed by atoms with E-state index in [1.165, 1.54) is 0 Å². The Hall–Kier alpha value is 0.870. The minimum absolute atomic E-state index is 0. The molecule has 1 atom stereocenters. The van der Waals surface area contributed by atoms with Crippen molar-refractivity contribution in [3.05, 3.63) is 0 Å². The molecule has 0 saturated carbocycles. The summed E-state index contributed by atoms with van der Waals surface area (Å²) in [4.78, 5) is 0. The third-order valence-electron chi connectivity index (χ3n) is 1.84. The van der Waals surface area contributed by atoms with Crippen molar-refractivity contribution in [1.82, 2.24) is 0 Å². The van der Waals surface area contributed by atoms with Crippen LogP contribution in [-0.2, 0) is 14.6 Å². The fourth-order valence-corrected chi connectivity index (χ4v) is 1.69. The third kappa shape index (κ3) is 10.9. The van der Waals surface area contributed by atoms with Gasteiger partial charge in [-0.3, -0.25) is 4.55 Å². The maximum atomic E-state index is 10.4. The first-order chi connectivity index (χ1) is 5.99. The van der Waals surface area contributed by atoms with Gasteiger partial charge in [0.2, 0.25) is 0 Å². The van der Waals surface area contributed by atoms with Crippen LogP contribution in [0.5, 0.6) is 0 Å². The van der Waals surface area contributed by atoms with Gasteiger partial charge in [-0.1, -0.05) is 33.1 Å². The summed E-state index contributed by atoms with van der Waals surface area (Å²) < 4.78 is 33.6. The first-order valence-corrected chi connectivity index (χ1v) is 6.01. The molecule has 0 saturated heterocycles. The van der Waals surface area contributed by atoms with E-state index < -0.39 is 10.4 Å². The van der Waals surface area contributed by atoms with Gasteiger partial charge in [-0.25, -0.2) is 4.18 Å². The molecular weight excluding hydrogens is 215 g/mol. The summed E-state index contributed by atoms with van der Waals surface area (Å²) in [6.07, 6.45) is 3.99. The Morgan fingerprint density at radius 2 is 1.86 bits per heavy atom. The van der Waals surface area contributed by atoms with Gasteiger partial charge in [0.1, 0.15) is 0 Å². The van der Waals surface area contributed by atoms with Crippen LogP contribution in [0.2, 0.25) is 0 Å². The van der Waals surface area contributed by atoms with Crippen LogP contribution < -0.4 is 0 Å². The van der Waals surface area contributed by atoms with Crippen molar-refractivity contribution in [2.45, 2.75) is 52.1 Å². The molecular formula is C8H19NaO4S. The fraction of sp³-hybridized carbons (Fsp3) is 1.00. The topological polar surface area (TPSA) is 63.6 Å². The zero-order chi connectivity index (χ0) is 10.3. The summed E-state index contributed by atoms with van der Waals surface area (Å²) in [6.45, 7) is 3.91. The Morgan fingerprint density at radius 1 is 1.29 bits per heavy atom. The van der Waals surface area contributed by atoms with Gasteiger partial charge in [-0.05, 0) is 12.8 Å². The molecule has 14 heavy (non-hydrogen) atoms. The van der Waals surface area contributed by atoms with Crippen LogP contribution in [0.1, 0.15) is 46.0 Å². The van der Waals surface area contributed by atoms with E-state index in [0.717, 1.165) is 19.3 Å². The second-order valence-corrected chi connectivity index (χ2v) is 4.10. The Bertz CT molecular complexity index is 215. The number of rotatable bonds is 7. The van der Waals surface area contributed by atoms with Gasteiger partial charge in [0.15, 0.2) is 0 Å². The molecule has 6 heteroatoms. The molecule has 0 rings (SSSR count). The molecule has 0 aromatic rings. The molecule has 0 aliphatic carbocycles. The maximum absolute atomic E-state index is 10.4. The zero-order valence-corrected chi connectivity index (χ0v) is 9.01. The van der Waals surface area contributed by atoms with E-state index in [4.69, 9.17) is 4.55 Å². The Balaban J connectivity index is 0. The van der Waals surface area contributed by atoms with Gasteiger partial charge in [-0.2, -0.15) is 8.42 Å².